The van der Waals surface area contributed by atoms with Gasteiger partial charge >= 0.3 is 0 Å². The minimum Gasteiger partial charge on any atom is -0.491 e. The quantitative estimate of drug-likeness (QED) is 0.721. The van der Waals surface area contributed by atoms with Crippen molar-refractivity contribution in [1.29, 1.82) is 0 Å². The first-order valence-corrected chi connectivity index (χ1v) is 4.68. The Morgan fingerprint density at radius 2 is 2.00 bits per heavy atom. The maximum absolute atomic E-state index is 9.07. The van der Waals surface area contributed by atoms with E-state index in [0.717, 1.165) is 22.6 Å². The molecule has 0 aliphatic heterocycles. The molecule has 0 aromatic heterocycles. The fourth-order valence-corrected chi connectivity index (χ4v) is 1.21. The number of aliphatic hydroxyl groups is 1. The van der Waals surface area contributed by atoms with E-state index < -0.39 is 6.10 Å². The zero-order chi connectivity index (χ0) is 10.7. The number of benzene rings is 1. The van der Waals surface area contributed by atoms with Crippen LogP contribution in [-0.2, 0) is 0 Å². The zero-order valence-corrected chi connectivity index (χ0v) is 8.87. The van der Waals surface area contributed by atoms with Gasteiger partial charge in [-0.1, -0.05) is 6.07 Å². The van der Waals surface area contributed by atoms with Gasteiger partial charge in [0.2, 0.25) is 0 Å². The lowest BCUT2D eigenvalue weighted by molar-refractivity contribution is 0.122. The lowest BCUT2D eigenvalue weighted by Crippen LogP contribution is -2.13. The molecule has 0 saturated carbocycles. The Hall–Kier alpha value is -1.22. The highest BCUT2D eigenvalue weighted by molar-refractivity contribution is 5.54. The minimum absolute atomic E-state index is 0.295. The van der Waals surface area contributed by atoms with Gasteiger partial charge < -0.3 is 15.6 Å². The predicted molar refractivity (Wildman–Crippen MR) is 57.5 cm³/mol. The van der Waals surface area contributed by atoms with Crippen molar-refractivity contribution in [2.75, 3.05) is 12.3 Å². The van der Waals surface area contributed by atoms with Gasteiger partial charge in [0, 0.05) is 11.8 Å². The average molecular weight is 195 g/mol. The summed E-state index contributed by atoms with van der Waals surface area (Å²) in [6.45, 7) is 5.90. The lowest BCUT2D eigenvalue weighted by Gasteiger charge is -2.12. The molecule has 3 heteroatoms. The van der Waals surface area contributed by atoms with Crippen LogP contribution >= 0.6 is 0 Å². The van der Waals surface area contributed by atoms with Gasteiger partial charge in [0.1, 0.15) is 12.4 Å². The molecule has 0 saturated heterocycles. The topological polar surface area (TPSA) is 55.5 Å². The number of nitrogens with two attached hydrogens (primary N) is 1. The van der Waals surface area contributed by atoms with Crippen LogP contribution in [0.15, 0.2) is 12.1 Å². The van der Waals surface area contributed by atoms with Crippen molar-refractivity contribution < 1.29 is 9.84 Å². The van der Waals surface area contributed by atoms with E-state index in [1.807, 2.05) is 19.9 Å². The first-order chi connectivity index (χ1) is 6.50. The molecule has 0 spiro atoms. The number of rotatable bonds is 3. The summed E-state index contributed by atoms with van der Waals surface area (Å²) >= 11 is 0. The van der Waals surface area contributed by atoms with Gasteiger partial charge in [-0.2, -0.15) is 0 Å². The molecule has 1 aromatic rings. The number of aryl methyl sites for hydroxylation is 2. The van der Waals surface area contributed by atoms with E-state index in [4.69, 9.17) is 15.6 Å². The first-order valence-electron chi connectivity index (χ1n) is 4.68. The molecule has 78 valence electrons. The summed E-state index contributed by atoms with van der Waals surface area (Å²) in [5, 5.41) is 9.07. The molecule has 0 radical (unpaired) electrons. The van der Waals surface area contributed by atoms with Crippen LogP contribution in [0.25, 0.3) is 0 Å². The van der Waals surface area contributed by atoms with E-state index in [-0.39, 0.29) is 0 Å². The van der Waals surface area contributed by atoms with Crippen LogP contribution in [0.3, 0.4) is 0 Å². The van der Waals surface area contributed by atoms with Crippen molar-refractivity contribution >= 4 is 5.69 Å². The van der Waals surface area contributed by atoms with Gasteiger partial charge in [-0.25, -0.2) is 0 Å². The Bertz CT molecular complexity index is 321. The second kappa shape index (κ2) is 4.33. The van der Waals surface area contributed by atoms with Crippen molar-refractivity contribution in [3.05, 3.63) is 23.3 Å². The molecule has 0 heterocycles. The van der Waals surface area contributed by atoms with E-state index >= 15 is 0 Å². The Kier molecular flexibility index (Phi) is 3.36. The second-order valence-corrected chi connectivity index (χ2v) is 3.63. The normalized spacial score (nSPS) is 12.6. The van der Waals surface area contributed by atoms with E-state index in [0.29, 0.717) is 6.61 Å². The fraction of sp³-hybridized carbons (Fsp3) is 0.455. The van der Waals surface area contributed by atoms with E-state index in [1.165, 1.54) is 0 Å². The Balaban J connectivity index is 2.82. The van der Waals surface area contributed by atoms with Gasteiger partial charge in [0.05, 0.1) is 6.10 Å². The molecule has 0 aliphatic rings. The maximum Gasteiger partial charge on any atom is 0.124 e. The number of anilines is 1. The third kappa shape index (κ3) is 2.64. The smallest absolute Gasteiger partial charge is 0.124 e. The van der Waals surface area contributed by atoms with E-state index in [1.54, 1.807) is 13.0 Å². The second-order valence-electron chi connectivity index (χ2n) is 3.63. The Labute approximate surface area is 84.5 Å². The summed E-state index contributed by atoms with van der Waals surface area (Å²) in [6, 6.07) is 3.78. The van der Waals surface area contributed by atoms with Crippen LogP contribution in [0.2, 0.25) is 0 Å². The molecule has 1 rings (SSSR count). The van der Waals surface area contributed by atoms with Crippen molar-refractivity contribution in [2.24, 2.45) is 0 Å². The summed E-state index contributed by atoms with van der Waals surface area (Å²) in [5.74, 6) is 0.744. The van der Waals surface area contributed by atoms with E-state index in [2.05, 4.69) is 0 Å². The van der Waals surface area contributed by atoms with Crippen molar-refractivity contribution in [3.63, 3.8) is 0 Å². The number of hydrogen-bond acceptors (Lipinski definition) is 3. The molecule has 0 fully saturated rings. The Morgan fingerprint density at radius 1 is 1.36 bits per heavy atom. The molecule has 0 amide bonds. The molecule has 1 atom stereocenters. The number of hydrogen-bond donors (Lipinski definition) is 2. The van der Waals surface area contributed by atoms with Crippen LogP contribution < -0.4 is 10.5 Å². The summed E-state index contributed by atoms with van der Waals surface area (Å²) in [4.78, 5) is 0. The van der Waals surface area contributed by atoms with Crippen molar-refractivity contribution in [2.45, 2.75) is 26.9 Å². The monoisotopic (exact) mass is 195 g/mol. The lowest BCUT2D eigenvalue weighted by atomic mass is 10.1. The third-order valence-electron chi connectivity index (χ3n) is 2.04. The van der Waals surface area contributed by atoms with Gasteiger partial charge in [-0.15, -0.1) is 0 Å². The van der Waals surface area contributed by atoms with Gasteiger partial charge in [0.15, 0.2) is 0 Å². The average Bonchev–Trinajstić information content (AvgIpc) is 2.09. The molecular formula is C11H17NO2. The first kappa shape index (κ1) is 10.9. The Morgan fingerprint density at radius 3 is 2.57 bits per heavy atom. The van der Waals surface area contributed by atoms with Gasteiger partial charge in [0.25, 0.3) is 0 Å². The zero-order valence-electron chi connectivity index (χ0n) is 8.87. The van der Waals surface area contributed by atoms with Crippen LogP contribution in [-0.4, -0.2) is 17.8 Å². The summed E-state index contributed by atoms with van der Waals surface area (Å²) in [7, 11) is 0. The van der Waals surface area contributed by atoms with E-state index in [9.17, 15) is 0 Å². The predicted octanol–water partition coefficient (Wildman–Crippen LogP) is 1.65. The van der Waals surface area contributed by atoms with Crippen molar-refractivity contribution in [1.82, 2.24) is 0 Å². The molecule has 0 bridgehead atoms. The van der Waals surface area contributed by atoms with Crippen LogP contribution in [0.4, 0.5) is 5.69 Å². The summed E-state index contributed by atoms with van der Waals surface area (Å²) in [6.07, 6.45) is -0.461. The van der Waals surface area contributed by atoms with Crippen LogP contribution in [0.5, 0.6) is 5.75 Å². The third-order valence-corrected chi connectivity index (χ3v) is 2.04. The number of nitrogen functional groups attached to an aromatic ring is 1. The number of aliphatic hydroxyl groups excluding tert-OH is 1. The summed E-state index contributed by atoms with van der Waals surface area (Å²) in [5.41, 5.74) is 8.56. The van der Waals surface area contributed by atoms with Crippen LogP contribution in [0.1, 0.15) is 18.1 Å². The maximum atomic E-state index is 9.07. The van der Waals surface area contributed by atoms with Gasteiger partial charge in [-0.05, 0) is 31.9 Å². The highest BCUT2D eigenvalue weighted by Gasteiger charge is 2.04. The van der Waals surface area contributed by atoms with Crippen LogP contribution in [0, 0.1) is 13.8 Å². The van der Waals surface area contributed by atoms with Gasteiger partial charge in [-0.3, -0.25) is 0 Å². The molecule has 1 aromatic carbocycles. The highest BCUT2D eigenvalue weighted by atomic mass is 16.5. The molecular weight excluding hydrogens is 178 g/mol. The standard InChI is InChI=1S/C11H17NO2/c1-7-4-8(2)11(5-10(7)12)14-6-9(3)13/h4-5,9,13H,6,12H2,1-3H3. The largest absolute Gasteiger partial charge is 0.491 e. The highest BCUT2D eigenvalue weighted by Crippen LogP contribution is 2.24. The molecule has 14 heavy (non-hydrogen) atoms. The molecule has 1 unspecified atom stereocenters. The molecule has 0 aliphatic carbocycles. The SMILES string of the molecule is Cc1cc(C)c(OCC(C)O)cc1N. The number of ether oxygens (including phenoxy) is 1. The fourth-order valence-electron chi connectivity index (χ4n) is 1.21. The summed E-state index contributed by atoms with van der Waals surface area (Å²) < 4.78 is 5.40. The molecule has 3 N–H and O–H groups in total. The minimum atomic E-state index is -0.461. The van der Waals surface area contributed by atoms with Crippen molar-refractivity contribution in [3.8, 4) is 5.75 Å². The molecule has 3 nitrogen and oxygen atoms in total.